The van der Waals surface area contributed by atoms with Gasteiger partial charge in [-0.05, 0) is 52.7 Å². The molecule has 0 aliphatic rings. The number of alkyl halides is 4. The van der Waals surface area contributed by atoms with Crippen LogP contribution in [0.5, 0.6) is 0 Å². The SMILES string of the molecule is CCN(CC)C(=O)c1sc(NC(=O)C(F)(F)C(F)(F)C(=O)Nc2sc(C(=O)N(CC)CC)c(C)c2C#N)c(C#N)c1C. The van der Waals surface area contributed by atoms with Crippen molar-refractivity contribution in [2.45, 2.75) is 53.4 Å². The Hall–Kier alpha value is -4.02. The number of nitriles is 2. The summed E-state index contributed by atoms with van der Waals surface area (Å²) in [6.45, 7) is 10.6. The summed E-state index contributed by atoms with van der Waals surface area (Å²) < 4.78 is 59.5. The van der Waals surface area contributed by atoms with E-state index in [0.29, 0.717) is 22.7 Å². The third kappa shape index (κ3) is 6.10. The fourth-order valence-corrected chi connectivity index (χ4v) is 6.08. The summed E-state index contributed by atoms with van der Waals surface area (Å²) >= 11 is 0.934. The molecule has 2 rings (SSSR count). The van der Waals surface area contributed by atoms with Crippen LogP contribution in [0.3, 0.4) is 0 Å². The van der Waals surface area contributed by atoms with E-state index in [4.69, 9.17) is 0 Å². The molecule has 0 spiro atoms. The quantitative estimate of drug-likeness (QED) is 0.336. The zero-order valence-corrected chi connectivity index (χ0v) is 25.2. The van der Waals surface area contributed by atoms with Crippen LogP contribution in [-0.2, 0) is 9.59 Å². The fraction of sp³-hybridized carbons (Fsp3) is 0.462. The number of hydrogen-bond acceptors (Lipinski definition) is 8. The Labute approximate surface area is 247 Å². The van der Waals surface area contributed by atoms with Crippen molar-refractivity contribution in [2.75, 3.05) is 36.8 Å². The maximum absolute atomic E-state index is 14.9. The van der Waals surface area contributed by atoms with Gasteiger partial charge in [0.1, 0.15) is 22.1 Å². The molecule has 16 heteroatoms. The largest absolute Gasteiger partial charge is 0.396 e. The summed E-state index contributed by atoms with van der Waals surface area (Å²) in [5, 5.41) is 21.0. The minimum Gasteiger partial charge on any atom is -0.338 e. The highest BCUT2D eigenvalue weighted by molar-refractivity contribution is 7.19. The van der Waals surface area contributed by atoms with E-state index >= 15 is 0 Å². The van der Waals surface area contributed by atoms with Crippen LogP contribution in [0.2, 0.25) is 0 Å². The Morgan fingerprint density at radius 2 is 0.976 bits per heavy atom. The number of thiophene rings is 2. The molecule has 0 saturated carbocycles. The second-order valence-corrected chi connectivity index (χ2v) is 10.8. The molecule has 4 amide bonds. The molecule has 2 aromatic rings. The van der Waals surface area contributed by atoms with Crippen molar-refractivity contribution in [3.63, 3.8) is 0 Å². The number of rotatable bonds is 11. The highest BCUT2D eigenvalue weighted by Crippen LogP contribution is 2.40. The van der Waals surface area contributed by atoms with E-state index in [-0.39, 0.29) is 58.2 Å². The molecule has 10 nitrogen and oxygen atoms in total. The minimum atomic E-state index is -5.64. The normalized spacial score (nSPS) is 11.3. The molecular formula is C26H28F4N6O4S2. The first kappa shape index (κ1) is 34.2. The topological polar surface area (TPSA) is 146 Å². The van der Waals surface area contributed by atoms with Gasteiger partial charge in [0.25, 0.3) is 11.8 Å². The fourth-order valence-electron chi connectivity index (χ4n) is 3.84. The number of amides is 4. The highest BCUT2D eigenvalue weighted by Gasteiger charge is 2.67. The molecule has 0 aromatic carbocycles. The third-order valence-corrected chi connectivity index (χ3v) is 8.82. The molecule has 0 fully saturated rings. The zero-order valence-electron chi connectivity index (χ0n) is 23.6. The second-order valence-electron chi connectivity index (χ2n) is 8.76. The van der Waals surface area contributed by atoms with Gasteiger partial charge in [-0.25, -0.2) is 0 Å². The standard InChI is InChI=1S/C26H28F4N6O4S2/c1-7-35(8-2)21(37)17-13(5)15(11-31)19(41-17)33-23(39)25(27,28)26(29,30)24(40)34-20-16(12-32)14(6)18(42-20)22(38)36(9-3)10-4/h7-10H2,1-6H3,(H,33,39)(H,34,40). The van der Waals surface area contributed by atoms with E-state index in [1.165, 1.54) is 23.6 Å². The molecule has 2 N–H and O–H groups in total. The second kappa shape index (κ2) is 13.3. The number of anilines is 2. The van der Waals surface area contributed by atoms with Gasteiger partial charge in [-0.15, -0.1) is 22.7 Å². The summed E-state index contributed by atoms with van der Waals surface area (Å²) in [5.41, 5.74) is -0.611. The molecular weight excluding hydrogens is 600 g/mol. The maximum atomic E-state index is 14.9. The molecule has 2 aromatic heterocycles. The number of hydrogen-bond donors (Lipinski definition) is 2. The van der Waals surface area contributed by atoms with Gasteiger partial charge < -0.3 is 20.4 Å². The van der Waals surface area contributed by atoms with Crippen LogP contribution in [0.15, 0.2) is 0 Å². The highest BCUT2D eigenvalue weighted by atomic mass is 32.1. The lowest BCUT2D eigenvalue weighted by molar-refractivity contribution is -0.204. The van der Waals surface area contributed by atoms with Gasteiger partial charge in [-0.3, -0.25) is 19.2 Å². The number of nitrogens with zero attached hydrogens (tertiary/aromatic N) is 4. The monoisotopic (exact) mass is 628 g/mol. The van der Waals surface area contributed by atoms with Crippen molar-refractivity contribution < 1.29 is 36.7 Å². The van der Waals surface area contributed by atoms with Crippen LogP contribution in [0.1, 0.15) is 69.3 Å². The first-order valence-corrected chi connectivity index (χ1v) is 14.3. The Balaban J connectivity index is 2.40. The Kier molecular flexibility index (Phi) is 10.8. The maximum Gasteiger partial charge on any atom is 0.396 e. The van der Waals surface area contributed by atoms with Gasteiger partial charge >= 0.3 is 23.7 Å². The molecule has 0 bridgehead atoms. The first-order chi connectivity index (χ1) is 19.6. The molecule has 0 aliphatic heterocycles. The van der Waals surface area contributed by atoms with Gasteiger partial charge in [-0.2, -0.15) is 28.1 Å². The average Bonchev–Trinajstić information content (AvgIpc) is 3.43. The van der Waals surface area contributed by atoms with Crippen LogP contribution >= 0.6 is 22.7 Å². The molecule has 226 valence electrons. The molecule has 0 radical (unpaired) electrons. The van der Waals surface area contributed by atoms with E-state index in [0.717, 1.165) is 0 Å². The first-order valence-electron chi connectivity index (χ1n) is 12.6. The number of carbonyl (C=O) groups excluding carboxylic acids is 4. The van der Waals surface area contributed by atoms with Crippen molar-refractivity contribution in [2.24, 2.45) is 0 Å². The molecule has 2 heterocycles. The lowest BCUT2D eigenvalue weighted by Crippen LogP contribution is -2.56. The summed E-state index contributed by atoms with van der Waals surface area (Å²) in [6, 6.07) is 3.33. The third-order valence-electron chi connectivity index (χ3n) is 6.43. The van der Waals surface area contributed by atoms with Gasteiger partial charge in [0.05, 0.1) is 20.9 Å². The predicted octanol–water partition coefficient (Wildman–Crippen LogP) is 4.98. The van der Waals surface area contributed by atoms with E-state index < -0.39 is 45.5 Å². The molecule has 0 atom stereocenters. The minimum absolute atomic E-state index is 0.0504. The molecule has 0 saturated heterocycles. The molecule has 0 unspecified atom stereocenters. The summed E-state index contributed by atoms with van der Waals surface area (Å²) in [5.74, 6) is -17.6. The van der Waals surface area contributed by atoms with E-state index in [2.05, 4.69) is 0 Å². The van der Waals surface area contributed by atoms with Gasteiger partial charge in [-0.1, -0.05) is 0 Å². The number of nitrogens with one attached hydrogen (secondary N) is 2. The predicted molar refractivity (Wildman–Crippen MR) is 149 cm³/mol. The summed E-state index contributed by atoms with van der Waals surface area (Å²) in [6.07, 6.45) is 0. The van der Waals surface area contributed by atoms with Gasteiger partial charge in [0.15, 0.2) is 0 Å². The van der Waals surface area contributed by atoms with Crippen LogP contribution in [0.25, 0.3) is 0 Å². The van der Waals surface area contributed by atoms with Crippen molar-refractivity contribution in [1.29, 1.82) is 10.5 Å². The van der Waals surface area contributed by atoms with Crippen LogP contribution < -0.4 is 10.6 Å². The van der Waals surface area contributed by atoms with Crippen LogP contribution in [0, 0.1) is 36.5 Å². The van der Waals surface area contributed by atoms with Crippen LogP contribution in [0.4, 0.5) is 27.6 Å². The zero-order chi connectivity index (χ0) is 32.2. The van der Waals surface area contributed by atoms with E-state index in [1.807, 2.05) is 0 Å². The number of halogens is 4. The van der Waals surface area contributed by atoms with Crippen molar-refractivity contribution >= 4 is 56.3 Å². The van der Waals surface area contributed by atoms with Crippen molar-refractivity contribution in [1.82, 2.24) is 9.80 Å². The van der Waals surface area contributed by atoms with Gasteiger partial charge in [0.2, 0.25) is 0 Å². The Bertz CT molecular complexity index is 1370. The average molecular weight is 629 g/mol. The number of carbonyl (C=O) groups is 4. The van der Waals surface area contributed by atoms with Crippen molar-refractivity contribution in [3.05, 3.63) is 32.0 Å². The van der Waals surface area contributed by atoms with E-state index in [9.17, 15) is 47.3 Å². The molecule has 0 aliphatic carbocycles. The van der Waals surface area contributed by atoms with Gasteiger partial charge in [0, 0.05) is 26.2 Å². The lowest BCUT2D eigenvalue weighted by Gasteiger charge is -2.24. The molecule has 42 heavy (non-hydrogen) atoms. The Morgan fingerprint density at radius 3 is 1.21 bits per heavy atom. The van der Waals surface area contributed by atoms with Crippen molar-refractivity contribution in [3.8, 4) is 12.1 Å². The summed E-state index contributed by atoms with van der Waals surface area (Å²) in [7, 11) is 0. The Morgan fingerprint density at radius 1 is 0.690 bits per heavy atom. The smallest absolute Gasteiger partial charge is 0.338 e. The van der Waals surface area contributed by atoms with Crippen LogP contribution in [-0.4, -0.2) is 71.5 Å². The van der Waals surface area contributed by atoms with E-state index in [1.54, 1.807) is 50.5 Å². The summed E-state index contributed by atoms with van der Waals surface area (Å²) in [4.78, 5) is 53.0. The lowest BCUT2D eigenvalue weighted by atomic mass is 10.1.